The van der Waals surface area contributed by atoms with Crippen molar-refractivity contribution in [3.8, 4) is 5.75 Å². The minimum absolute atomic E-state index is 0.0213. The molecule has 0 radical (unpaired) electrons. The number of carbonyl (C=O) groups is 2. The van der Waals surface area contributed by atoms with Crippen molar-refractivity contribution in [2.75, 3.05) is 32.6 Å². The lowest BCUT2D eigenvalue weighted by Gasteiger charge is -2.12. The van der Waals surface area contributed by atoms with E-state index in [9.17, 15) is 18.0 Å². The van der Waals surface area contributed by atoms with Gasteiger partial charge < -0.3 is 14.8 Å². The summed E-state index contributed by atoms with van der Waals surface area (Å²) in [6.45, 7) is 0.133. The molecule has 0 aliphatic rings. The van der Waals surface area contributed by atoms with Crippen molar-refractivity contribution in [1.82, 2.24) is 4.31 Å². The highest BCUT2D eigenvalue weighted by molar-refractivity contribution is 7.89. The molecule has 0 aliphatic carbocycles. The lowest BCUT2D eigenvalue weighted by Crippen LogP contribution is -2.22. The molecule has 168 valence electrons. The van der Waals surface area contributed by atoms with E-state index in [1.807, 2.05) is 5.38 Å². The van der Waals surface area contributed by atoms with Crippen LogP contribution in [0.15, 0.2) is 70.9 Å². The first-order valence-corrected chi connectivity index (χ1v) is 11.9. The molecule has 1 heterocycles. The molecular weight excluding hydrogens is 452 g/mol. The molecule has 0 saturated heterocycles. The maximum absolute atomic E-state index is 12.2. The van der Waals surface area contributed by atoms with Crippen LogP contribution in [0.2, 0.25) is 0 Å². The quantitative estimate of drug-likeness (QED) is 0.376. The van der Waals surface area contributed by atoms with Gasteiger partial charge in [0.15, 0.2) is 0 Å². The number of rotatable bonds is 9. The number of carbonyl (C=O) groups excluding carboxylic acids is 2. The first-order chi connectivity index (χ1) is 15.3. The van der Waals surface area contributed by atoms with Crippen LogP contribution in [0.3, 0.4) is 0 Å². The number of hydrogen-bond acceptors (Lipinski definition) is 7. The SMILES string of the molecule is CN(C)S(=O)(=O)c1ccc(OCCOC(=O)c2ccc(NC(=O)c3cccs3)cc2)cc1. The van der Waals surface area contributed by atoms with Crippen molar-refractivity contribution in [3.63, 3.8) is 0 Å². The van der Waals surface area contributed by atoms with Crippen LogP contribution in [0, 0.1) is 0 Å². The Labute approximate surface area is 190 Å². The van der Waals surface area contributed by atoms with Gasteiger partial charge in [-0.3, -0.25) is 4.79 Å². The third-order valence-electron chi connectivity index (χ3n) is 4.31. The molecule has 1 N–H and O–H groups in total. The van der Waals surface area contributed by atoms with E-state index >= 15 is 0 Å². The average molecular weight is 475 g/mol. The number of nitrogens with one attached hydrogen (secondary N) is 1. The van der Waals surface area contributed by atoms with Crippen molar-refractivity contribution in [2.45, 2.75) is 4.90 Å². The minimum Gasteiger partial charge on any atom is -0.490 e. The minimum atomic E-state index is -3.50. The molecule has 10 heteroatoms. The van der Waals surface area contributed by atoms with Gasteiger partial charge >= 0.3 is 5.97 Å². The summed E-state index contributed by atoms with van der Waals surface area (Å²) in [6.07, 6.45) is 0. The number of sulfonamides is 1. The number of ether oxygens (including phenoxy) is 2. The van der Waals surface area contributed by atoms with Crippen molar-refractivity contribution in [2.24, 2.45) is 0 Å². The molecule has 32 heavy (non-hydrogen) atoms. The van der Waals surface area contributed by atoms with Crippen LogP contribution in [0.5, 0.6) is 5.75 Å². The van der Waals surface area contributed by atoms with E-state index in [0.717, 1.165) is 4.31 Å². The highest BCUT2D eigenvalue weighted by Crippen LogP contribution is 2.18. The van der Waals surface area contributed by atoms with Crippen molar-refractivity contribution in [3.05, 3.63) is 76.5 Å². The Morgan fingerprint density at radius 2 is 1.66 bits per heavy atom. The van der Waals surface area contributed by atoms with E-state index in [4.69, 9.17) is 9.47 Å². The van der Waals surface area contributed by atoms with E-state index in [1.54, 1.807) is 48.5 Å². The molecule has 0 aliphatic heterocycles. The van der Waals surface area contributed by atoms with Crippen LogP contribution in [0.4, 0.5) is 5.69 Å². The van der Waals surface area contributed by atoms with Gasteiger partial charge in [0, 0.05) is 19.8 Å². The van der Waals surface area contributed by atoms with Crippen molar-refractivity contribution < 1.29 is 27.5 Å². The summed E-state index contributed by atoms with van der Waals surface area (Å²) in [4.78, 5) is 25.0. The molecule has 3 rings (SSSR count). The molecule has 3 aromatic rings. The topological polar surface area (TPSA) is 102 Å². The zero-order valence-electron chi connectivity index (χ0n) is 17.5. The van der Waals surface area contributed by atoms with Gasteiger partial charge in [0.1, 0.15) is 19.0 Å². The number of esters is 1. The Morgan fingerprint density at radius 3 is 2.25 bits per heavy atom. The Kier molecular flexibility index (Phi) is 7.62. The summed E-state index contributed by atoms with van der Waals surface area (Å²) in [5, 5.41) is 4.58. The molecule has 0 bridgehead atoms. The second-order valence-electron chi connectivity index (χ2n) is 6.75. The van der Waals surface area contributed by atoms with Crippen LogP contribution in [-0.4, -0.2) is 51.9 Å². The Morgan fingerprint density at radius 1 is 0.969 bits per heavy atom. The normalized spacial score (nSPS) is 11.2. The monoisotopic (exact) mass is 474 g/mol. The first-order valence-electron chi connectivity index (χ1n) is 9.55. The zero-order chi connectivity index (χ0) is 23.1. The molecule has 0 spiro atoms. The van der Waals surface area contributed by atoms with Gasteiger partial charge in [0.05, 0.1) is 15.3 Å². The standard InChI is InChI=1S/C22H22N2O6S2/c1-24(2)32(27,28)19-11-9-18(10-12-19)29-13-14-30-22(26)16-5-7-17(8-6-16)23-21(25)20-4-3-15-31-20/h3-12,15H,13-14H2,1-2H3,(H,23,25). The predicted molar refractivity (Wildman–Crippen MR) is 122 cm³/mol. The molecule has 0 atom stereocenters. The Balaban J connectivity index is 1.44. The Hall–Kier alpha value is -3.21. The molecule has 0 fully saturated rings. The number of amides is 1. The average Bonchev–Trinajstić information content (AvgIpc) is 3.32. The molecule has 1 aromatic heterocycles. The number of anilines is 1. The molecule has 8 nitrogen and oxygen atoms in total. The van der Waals surface area contributed by atoms with Crippen molar-refractivity contribution in [1.29, 1.82) is 0 Å². The first kappa shape index (κ1) is 23.5. The van der Waals surface area contributed by atoms with E-state index in [2.05, 4.69) is 5.32 Å². The molecule has 2 aromatic carbocycles. The van der Waals surface area contributed by atoms with Gasteiger partial charge in [-0.25, -0.2) is 17.5 Å². The second kappa shape index (κ2) is 10.4. The summed E-state index contributed by atoms with van der Waals surface area (Å²) < 4.78 is 35.9. The highest BCUT2D eigenvalue weighted by Gasteiger charge is 2.16. The smallest absolute Gasteiger partial charge is 0.338 e. The van der Waals surface area contributed by atoms with Gasteiger partial charge in [-0.15, -0.1) is 11.3 Å². The predicted octanol–water partition coefficient (Wildman–Crippen LogP) is 3.49. The fourth-order valence-corrected chi connectivity index (χ4v) is 4.11. The largest absolute Gasteiger partial charge is 0.490 e. The zero-order valence-corrected chi connectivity index (χ0v) is 19.1. The number of nitrogens with zero attached hydrogens (tertiary/aromatic N) is 1. The maximum atomic E-state index is 12.2. The summed E-state index contributed by atoms with van der Waals surface area (Å²) in [7, 11) is -0.574. The number of benzene rings is 2. The summed E-state index contributed by atoms with van der Waals surface area (Å²) >= 11 is 1.34. The summed E-state index contributed by atoms with van der Waals surface area (Å²) in [5.41, 5.74) is 0.917. The number of thiophene rings is 1. The van der Waals surface area contributed by atoms with E-state index < -0.39 is 16.0 Å². The lowest BCUT2D eigenvalue weighted by molar-refractivity contribution is 0.0450. The second-order valence-corrected chi connectivity index (χ2v) is 9.85. The molecular formula is C22H22N2O6S2. The molecule has 0 saturated carbocycles. The van der Waals surface area contributed by atoms with Gasteiger partial charge in [-0.2, -0.15) is 0 Å². The van der Waals surface area contributed by atoms with Crippen LogP contribution in [-0.2, 0) is 14.8 Å². The lowest BCUT2D eigenvalue weighted by atomic mass is 10.2. The van der Waals surface area contributed by atoms with E-state index in [-0.39, 0.29) is 24.0 Å². The van der Waals surface area contributed by atoms with E-state index in [1.165, 1.54) is 37.6 Å². The summed E-state index contributed by atoms with van der Waals surface area (Å²) in [6, 6.07) is 15.9. The van der Waals surface area contributed by atoms with Crippen LogP contribution >= 0.6 is 11.3 Å². The van der Waals surface area contributed by atoms with Crippen LogP contribution in [0.1, 0.15) is 20.0 Å². The third kappa shape index (κ3) is 5.94. The fraction of sp³-hybridized carbons (Fsp3) is 0.182. The van der Waals surface area contributed by atoms with Crippen molar-refractivity contribution >= 4 is 38.9 Å². The van der Waals surface area contributed by atoms with Crippen LogP contribution in [0.25, 0.3) is 0 Å². The van der Waals surface area contributed by atoms with Gasteiger partial charge in [0.25, 0.3) is 5.91 Å². The molecule has 0 unspecified atom stereocenters. The molecule has 1 amide bonds. The van der Waals surface area contributed by atoms with Gasteiger partial charge in [0.2, 0.25) is 10.0 Å². The summed E-state index contributed by atoms with van der Waals surface area (Å²) in [5.74, 6) is -0.262. The Bertz CT molecular complexity index is 1160. The van der Waals surface area contributed by atoms with Crippen LogP contribution < -0.4 is 10.1 Å². The highest BCUT2D eigenvalue weighted by atomic mass is 32.2. The van der Waals surface area contributed by atoms with Gasteiger partial charge in [-0.1, -0.05) is 6.07 Å². The number of hydrogen-bond donors (Lipinski definition) is 1. The maximum Gasteiger partial charge on any atom is 0.338 e. The van der Waals surface area contributed by atoms with Gasteiger partial charge in [-0.05, 0) is 60.0 Å². The van der Waals surface area contributed by atoms with E-state index in [0.29, 0.717) is 21.9 Å². The fourth-order valence-electron chi connectivity index (χ4n) is 2.59. The third-order valence-corrected chi connectivity index (χ3v) is 7.01.